The molecule has 92 valence electrons. The largest absolute Gasteiger partial charge is 0.390 e. The molecule has 3 heteroatoms. The third-order valence-electron chi connectivity index (χ3n) is 2.68. The minimum absolute atomic E-state index is 0.0692. The van der Waals surface area contributed by atoms with E-state index in [0.29, 0.717) is 12.8 Å². The Labute approximate surface area is 91.9 Å². The molecule has 2 atom stereocenters. The fraction of sp³-hybridized carbons (Fsp3) is 1.00. The Morgan fingerprint density at radius 2 is 1.80 bits per heavy atom. The lowest BCUT2D eigenvalue weighted by Gasteiger charge is -2.39. The molecule has 0 amide bonds. The van der Waals surface area contributed by atoms with Crippen LogP contribution in [0.1, 0.15) is 59.8 Å². The van der Waals surface area contributed by atoms with Crippen LogP contribution in [0.25, 0.3) is 0 Å². The second kappa shape index (κ2) is 5.78. The SMILES string of the molecule is CC.CCCC1(O)CC(C)CC(F)(F)C1. The molecule has 1 saturated carbocycles. The van der Waals surface area contributed by atoms with E-state index < -0.39 is 11.5 Å². The van der Waals surface area contributed by atoms with E-state index in [1.54, 1.807) is 6.92 Å². The first-order chi connectivity index (χ1) is 6.87. The van der Waals surface area contributed by atoms with Crippen molar-refractivity contribution in [2.75, 3.05) is 0 Å². The van der Waals surface area contributed by atoms with Crippen LogP contribution in [-0.4, -0.2) is 16.6 Å². The molecule has 1 N–H and O–H groups in total. The molecule has 1 aliphatic rings. The molecule has 0 heterocycles. The molecule has 0 aromatic heterocycles. The number of hydrogen-bond acceptors (Lipinski definition) is 1. The molecule has 1 rings (SSSR count). The highest BCUT2D eigenvalue weighted by molar-refractivity contribution is 4.92. The van der Waals surface area contributed by atoms with E-state index in [1.165, 1.54) is 0 Å². The molecule has 2 unspecified atom stereocenters. The van der Waals surface area contributed by atoms with Crippen molar-refractivity contribution in [1.82, 2.24) is 0 Å². The Morgan fingerprint density at radius 3 is 2.20 bits per heavy atom. The summed E-state index contributed by atoms with van der Waals surface area (Å²) in [5.41, 5.74) is -1.12. The molecule has 0 aromatic rings. The van der Waals surface area contributed by atoms with Crippen LogP contribution in [-0.2, 0) is 0 Å². The Morgan fingerprint density at radius 1 is 1.27 bits per heavy atom. The maximum absolute atomic E-state index is 13.1. The van der Waals surface area contributed by atoms with Crippen LogP contribution in [0.4, 0.5) is 8.78 Å². The summed E-state index contributed by atoms with van der Waals surface area (Å²) in [6, 6.07) is 0. The van der Waals surface area contributed by atoms with Crippen molar-refractivity contribution in [3.8, 4) is 0 Å². The molecule has 1 aliphatic carbocycles. The molecule has 0 saturated heterocycles. The summed E-state index contributed by atoms with van der Waals surface area (Å²) in [6.45, 7) is 7.70. The van der Waals surface area contributed by atoms with E-state index in [9.17, 15) is 13.9 Å². The quantitative estimate of drug-likeness (QED) is 0.748. The van der Waals surface area contributed by atoms with Gasteiger partial charge in [-0.25, -0.2) is 8.78 Å². The fourth-order valence-electron chi connectivity index (χ4n) is 2.51. The lowest BCUT2D eigenvalue weighted by Crippen LogP contribution is -2.43. The van der Waals surface area contributed by atoms with Gasteiger partial charge in [-0.1, -0.05) is 34.1 Å². The van der Waals surface area contributed by atoms with Gasteiger partial charge in [-0.3, -0.25) is 0 Å². The summed E-state index contributed by atoms with van der Waals surface area (Å²) in [5.74, 6) is -2.73. The highest BCUT2D eigenvalue weighted by Crippen LogP contribution is 2.43. The van der Waals surface area contributed by atoms with Gasteiger partial charge in [-0.2, -0.15) is 0 Å². The Kier molecular flexibility index (Phi) is 5.71. The Hall–Kier alpha value is -0.180. The van der Waals surface area contributed by atoms with Gasteiger partial charge in [0, 0.05) is 12.8 Å². The number of hydrogen-bond donors (Lipinski definition) is 1. The van der Waals surface area contributed by atoms with Crippen molar-refractivity contribution in [2.45, 2.75) is 71.3 Å². The van der Waals surface area contributed by atoms with E-state index in [4.69, 9.17) is 0 Å². The number of halogens is 2. The van der Waals surface area contributed by atoms with E-state index in [1.807, 2.05) is 20.8 Å². The average molecular weight is 222 g/mol. The van der Waals surface area contributed by atoms with Crippen LogP contribution in [0.2, 0.25) is 0 Å². The van der Waals surface area contributed by atoms with Crippen LogP contribution in [0, 0.1) is 5.92 Å². The van der Waals surface area contributed by atoms with Gasteiger partial charge in [0.15, 0.2) is 0 Å². The zero-order valence-corrected chi connectivity index (χ0v) is 10.3. The first kappa shape index (κ1) is 14.8. The van der Waals surface area contributed by atoms with Gasteiger partial charge in [0.05, 0.1) is 5.60 Å². The zero-order chi connectivity index (χ0) is 12.1. The van der Waals surface area contributed by atoms with Gasteiger partial charge >= 0.3 is 0 Å². The normalized spacial score (nSPS) is 34.2. The van der Waals surface area contributed by atoms with Crippen LogP contribution in [0.3, 0.4) is 0 Å². The summed E-state index contributed by atoms with van der Waals surface area (Å²) in [5, 5.41) is 9.90. The van der Waals surface area contributed by atoms with Crippen LogP contribution >= 0.6 is 0 Å². The molecule has 15 heavy (non-hydrogen) atoms. The zero-order valence-electron chi connectivity index (χ0n) is 10.3. The van der Waals surface area contributed by atoms with Crippen molar-refractivity contribution < 1.29 is 13.9 Å². The highest BCUT2D eigenvalue weighted by Gasteiger charge is 2.46. The van der Waals surface area contributed by atoms with Crippen molar-refractivity contribution >= 4 is 0 Å². The molecular weight excluding hydrogens is 198 g/mol. The maximum atomic E-state index is 13.1. The molecule has 0 spiro atoms. The Bertz CT molecular complexity index is 182. The summed E-state index contributed by atoms with van der Waals surface area (Å²) in [7, 11) is 0. The van der Waals surface area contributed by atoms with Gasteiger partial charge in [0.1, 0.15) is 0 Å². The van der Waals surface area contributed by atoms with Crippen LogP contribution < -0.4 is 0 Å². The molecule has 0 aromatic carbocycles. The van der Waals surface area contributed by atoms with Gasteiger partial charge in [-0.05, 0) is 18.8 Å². The topological polar surface area (TPSA) is 20.2 Å². The smallest absolute Gasteiger partial charge is 0.251 e. The van der Waals surface area contributed by atoms with E-state index >= 15 is 0 Å². The van der Waals surface area contributed by atoms with Crippen molar-refractivity contribution in [2.24, 2.45) is 5.92 Å². The molecular formula is C12H24F2O. The molecule has 0 aliphatic heterocycles. The monoisotopic (exact) mass is 222 g/mol. The predicted molar refractivity (Wildman–Crippen MR) is 59.2 cm³/mol. The minimum atomic E-state index is -2.67. The maximum Gasteiger partial charge on any atom is 0.251 e. The van der Waals surface area contributed by atoms with E-state index in [2.05, 4.69) is 0 Å². The van der Waals surface area contributed by atoms with Gasteiger partial charge < -0.3 is 5.11 Å². The van der Waals surface area contributed by atoms with Crippen LogP contribution in [0.5, 0.6) is 0 Å². The highest BCUT2D eigenvalue weighted by atomic mass is 19.3. The van der Waals surface area contributed by atoms with Gasteiger partial charge in [-0.15, -0.1) is 0 Å². The predicted octanol–water partition coefficient (Wildman–Crippen LogP) is 4.00. The number of aliphatic hydroxyl groups is 1. The third kappa shape index (κ3) is 4.92. The van der Waals surface area contributed by atoms with Gasteiger partial charge in [0.2, 0.25) is 0 Å². The first-order valence-electron chi connectivity index (χ1n) is 5.97. The first-order valence-corrected chi connectivity index (χ1v) is 5.97. The molecule has 0 bridgehead atoms. The summed E-state index contributed by atoms with van der Waals surface area (Å²) in [6.07, 6.45) is 1.36. The second-order valence-corrected chi connectivity index (χ2v) is 4.52. The van der Waals surface area contributed by atoms with Crippen molar-refractivity contribution in [1.29, 1.82) is 0 Å². The summed E-state index contributed by atoms with van der Waals surface area (Å²) < 4.78 is 26.2. The van der Waals surface area contributed by atoms with E-state index in [-0.39, 0.29) is 18.8 Å². The molecule has 1 fully saturated rings. The standard InChI is InChI=1S/C10H18F2O.C2H6/c1-3-4-9(13)5-8(2)6-10(11,12)7-9;1-2/h8,13H,3-7H2,1-2H3;1-2H3. The average Bonchev–Trinajstić information content (AvgIpc) is 2.02. The van der Waals surface area contributed by atoms with Crippen molar-refractivity contribution in [3.63, 3.8) is 0 Å². The van der Waals surface area contributed by atoms with Crippen molar-refractivity contribution in [3.05, 3.63) is 0 Å². The minimum Gasteiger partial charge on any atom is -0.390 e. The summed E-state index contributed by atoms with van der Waals surface area (Å²) in [4.78, 5) is 0. The van der Waals surface area contributed by atoms with Crippen LogP contribution in [0.15, 0.2) is 0 Å². The lowest BCUT2D eigenvalue weighted by molar-refractivity contribution is -0.142. The second-order valence-electron chi connectivity index (χ2n) is 4.52. The summed E-state index contributed by atoms with van der Waals surface area (Å²) >= 11 is 0. The molecule has 1 nitrogen and oxygen atoms in total. The third-order valence-corrected chi connectivity index (χ3v) is 2.68. The van der Waals surface area contributed by atoms with Gasteiger partial charge in [0.25, 0.3) is 5.92 Å². The Balaban J connectivity index is 0.000000921. The fourth-order valence-corrected chi connectivity index (χ4v) is 2.51. The van der Waals surface area contributed by atoms with E-state index in [0.717, 1.165) is 6.42 Å². The lowest BCUT2D eigenvalue weighted by atomic mass is 9.75. The molecule has 0 radical (unpaired) electrons. The number of alkyl halides is 2. The number of rotatable bonds is 2.